The number of primary sulfonamides is 1. The average molecular weight is 512 g/mol. The molecule has 0 aliphatic carbocycles. The fourth-order valence-electron chi connectivity index (χ4n) is 4.00. The highest BCUT2D eigenvalue weighted by atomic mass is 32.2. The molecule has 0 saturated carbocycles. The van der Waals surface area contributed by atoms with E-state index in [0.29, 0.717) is 11.3 Å². The number of rotatable bonds is 6. The van der Waals surface area contributed by atoms with Crippen molar-refractivity contribution in [3.05, 3.63) is 76.8 Å². The van der Waals surface area contributed by atoms with Crippen LogP contribution >= 0.6 is 0 Å². The highest BCUT2D eigenvalue weighted by Gasteiger charge is 2.43. The van der Waals surface area contributed by atoms with Gasteiger partial charge in [-0.25, -0.2) is 23.1 Å². The molecule has 0 spiro atoms. The molecule has 12 heteroatoms. The Morgan fingerprint density at radius 3 is 2.17 bits per heavy atom. The maximum atomic E-state index is 13.2. The van der Waals surface area contributed by atoms with Crippen LogP contribution in [-0.4, -0.2) is 48.7 Å². The predicted octanol–water partition coefficient (Wildman–Crippen LogP) is 1.30. The number of carbonyl (C=O) groups is 2. The molecule has 3 rings (SSSR count). The number of sulfonamides is 1. The van der Waals surface area contributed by atoms with Gasteiger partial charge in [0, 0.05) is 14.1 Å². The Bertz CT molecular complexity index is 1420. The Hall–Kier alpha value is -4.34. The largest absolute Gasteiger partial charge is 0.466 e. The van der Waals surface area contributed by atoms with Gasteiger partial charge in [0.25, 0.3) is 0 Å². The van der Waals surface area contributed by atoms with E-state index in [4.69, 9.17) is 20.3 Å². The third kappa shape index (κ3) is 4.61. The molecule has 188 valence electrons. The molecule has 1 atom stereocenters. The topological polar surface area (TPSA) is 169 Å². The summed E-state index contributed by atoms with van der Waals surface area (Å²) < 4.78 is 34.3. The van der Waals surface area contributed by atoms with Crippen LogP contribution in [0.2, 0.25) is 0 Å². The zero-order valence-corrected chi connectivity index (χ0v) is 20.9. The first-order chi connectivity index (χ1) is 17.0. The number of nitriles is 1. The SMILES string of the molecule is COC(=O)C1=C(C(=O)OC)N(c2cc(S(N)(=O)=O)ccc2N(C)C)C(N)=C(C#N)C1c1ccccc1. The van der Waals surface area contributed by atoms with Gasteiger partial charge in [-0.05, 0) is 23.8 Å². The molecule has 2 aromatic carbocycles. The van der Waals surface area contributed by atoms with Gasteiger partial charge in [0.15, 0.2) is 0 Å². The first-order valence-corrected chi connectivity index (χ1v) is 12.0. The van der Waals surface area contributed by atoms with E-state index in [0.717, 1.165) is 19.1 Å². The molecule has 1 aliphatic rings. The molecule has 36 heavy (non-hydrogen) atoms. The number of methoxy groups -OCH3 is 2. The van der Waals surface area contributed by atoms with Crippen molar-refractivity contribution in [2.24, 2.45) is 10.9 Å². The molecule has 2 aromatic rings. The van der Waals surface area contributed by atoms with Gasteiger partial charge in [-0.1, -0.05) is 30.3 Å². The zero-order chi connectivity index (χ0) is 26.8. The summed E-state index contributed by atoms with van der Waals surface area (Å²) in [6.45, 7) is 0. The Kier molecular flexibility index (Phi) is 7.37. The van der Waals surface area contributed by atoms with E-state index in [-0.39, 0.29) is 33.2 Å². The second-order valence-corrected chi connectivity index (χ2v) is 9.49. The number of carbonyl (C=O) groups excluding carboxylic acids is 2. The van der Waals surface area contributed by atoms with Crippen molar-refractivity contribution in [2.75, 3.05) is 38.1 Å². The summed E-state index contributed by atoms with van der Waals surface area (Å²) in [5.74, 6) is -3.11. The fraction of sp³-hybridized carbons (Fsp3) is 0.208. The van der Waals surface area contributed by atoms with E-state index in [2.05, 4.69) is 0 Å². The molecule has 0 aromatic heterocycles. The number of nitrogens with zero attached hydrogens (tertiary/aromatic N) is 3. The Morgan fingerprint density at radius 2 is 1.67 bits per heavy atom. The van der Waals surface area contributed by atoms with Crippen molar-refractivity contribution in [3.63, 3.8) is 0 Å². The van der Waals surface area contributed by atoms with Gasteiger partial charge in [0.05, 0.1) is 53.6 Å². The highest BCUT2D eigenvalue weighted by molar-refractivity contribution is 7.89. The van der Waals surface area contributed by atoms with E-state index in [1.165, 1.54) is 18.2 Å². The van der Waals surface area contributed by atoms with Crippen LogP contribution in [0.5, 0.6) is 0 Å². The molecule has 1 heterocycles. The van der Waals surface area contributed by atoms with Crippen LogP contribution in [0.3, 0.4) is 0 Å². The molecular weight excluding hydrogens is 486 g/mol. The molecule has 0 bridgehead atoms. The van der Waals surface area contributed by atoms with Crippen molar-refractivity contribution >= 4 is 33.3 Å². The number of allylic oxidation sites excluding steroid dienone is 1. The van der Waals surface area contributed by atoms with Gasteiger partial charge in [-0.3, -0.25) is 4.90 Å². The van der Waals surface area contributed by atoms with Crippen molar-refractivity contribution in [2.45, 2.75) is 10.8 Å². The van der Waals surface area contributed by atoms with Crippen LogP contribution < -0.4 is 20.7 Å². The van der Waals surface area contributed by atoms with E-state index in [1.807, 2.05) is 6.07 Å². The lowest BCUT2D eigenvalue weighted by Gasteiger charge is -2.37. The Morgan fingerprint density at radius 1 is 1.06 bits per heavy atom. The Labute approximate surface area is 208 Å². The lowest BCUT2D eigenvalue weighted by atomic mass is 9.81. The van der Waals surface area contributed by atoms with Crippen molar-refractivity contribution < 1.29 is 27.5 Å². The summed E-state index contributed by atoms with van der Waals surface area (Å²) in [5, 5.41) is 15.5. The zero-order valence-electron chi connectivity index (χ0n) is 20.1. The maximum absolute atomic E-state index is 13.2. The van der Waals surface area contributed by atoms with E-state index in [1.54, 1.807) is 49.3 Å². The minimum absolute atomic E-state index is 0.0556. The molecule has 4 N–H and O–H groups in total. The molecule has 0 saturated heterocycles. The monoisotopic (exact) mass is 511 g/mol. The smallest absolute Gasteiger partial charge is 0.355 e. The maximum Gasteiger partial charge on any atom is 0.355 e. The van der Waals surface area contributed by atoms with Crippen molar-refractivity contribution in [1.82, 2.24) is 0 Å². The van der Waals surface area contributed by atoms with Gasteiger partial charge in [0.2, 0.25) is 10.0 Å². The van der Waals surface area contributed by atoms with Crippen LogP contribution in [0.25, 0.3) is 0 Å². The first kappa shape index (κ1) is 26.3. The quantitative estimate of drug-likeness (QED) is 0.539. The summed E-state index contributed by atoms with van der Waals surface area (Å²) in [7, 11) is 1.45. The molecule has 11 nitrogen and oxygen atoms in total. The van der Waals surface area contributed by atoms with E-state index >= 15 is 0 Å². The van der Waals surface area contributed by atoms with Gasteiger partial charge in [0.1, 0.15) is 11.5 Å². The molecule has 0 radical (unpaired) electrons. The predicted molar refractivity (Wildman–Crippen MR) is 132 cm³/mol. The second kappa shape index (κ2) is 10.1. The van der Waals surface area contributed by atoms with Crippen LogP contribution in [0, 0.1) is 11.3 Å². The lowest BCUT2D eigenvalue weighted by Crippen LogP contribution is -2.41. The van der Waals surface area contributed by atoms with E-state index < -0.39 is 27.9 Å². The number of nitrogens with two attached hydrogens (primary N) is 2. The van der Waals surface area contributed by atoms with Gasteiger partial charge in [-0.15, -0.1) is 0 Å². The minimum Gasteiger partial charge on any atom is -0.466 e. The van der Waals surface area contributed by atoms with E-state index in [9.17, 15) is 23.3 Å². The normalized spacial score (nSPS) is 15.9. The van der Waals surface area contributed by atoms with Crippen molar-refractivity contribution in [3.8, 4) is 6.07 Å². The number of benzene rings is 2. The van der Waals surface area contributed by atoms with Crippen LogP contribution in [0.15, 0.2) is 76.1 Å². The summed E-state index contributed by atoms with van der Waals surface area (Å²) in [6, 6.07) is 14.5. The minimum atomic E-state index is -4.17. The molecule has 1 unspecified atom stereocenters. The van der Waals surface area contributed by atoms with Crippen LogP contribution in [-0.2, 0) is 29.1 Å². The molecule has 1 aliphatic heterocycles. The summed E-state index contributed by atoms with van der Waals surface area (Å²) >= 11 is 0. The highest BCUT2D eigenvalue weighted by Crippen LogP contribution is 2.45. The number of hydrogen-bond donors (Lipinski definition) is 2. The lowest BCUT2D eigenvalue weighted by molar-refractivity contribution is -0.139. The Balaban J connectivity index is 2.53. The summed E-state index contributed by atoms with van der Waals surface area (Å²) in [5.41, 5.74) is 6.90. The summed E-state index contributed by atoms with van der Waals surface area (Å²) in [4.78, 5) is 28.9. The van der Waals surface area contributed by atoms with Crippen molar-refractivity contribution in [1.29, 1.82) is 5.26 Å². The van der Waals surface area contributed by atoms with Crippen LogP contribution in [0.1, 0.15) is 11.5 Å². The number of esters is 2. The number of anilines is 2. The van der Waals surface area contributed by atoms with Crippen LogP contribution in [0.4, 0.5) is 11.4 Å². The number of hydrogen-bond acceptors (Lipinski definition) is 10. The molecule has 0 fully saturated rings. The first-order valence-electron chi connectivity index (χ1n) is 10.5. The van der Waals surface area contributed by atoms with Gasteiger partial charge < -0.3 is 20.1 Å². The number of ether oxygens (including phenoxy) is 2. The summed E-state index contributed by atoms with van der Waals surface area (Å²) in [6.07, 6.45) is 0. The average Bonchev–Trinajstić information content (AvgIpc) is 2.86. The van der Waals surface area contributed by atoms with Gasteiger partial charge >= 0.3 is 11.9 Å². The third-order valence-corrected chi connectivity index (χ3v) is 6.52. The molecule has 0 amide bonds. The fourth-order valence-corrected chi connectivity index (χ4v) is 4.53. The second-order valence-electron chi connectivity index (χ2n) is 7.93. The standard InChI is InChI=1S/C24H25N5O6S/c1-28(2)17-11-10-15(36(27,32)33)12-18(17)29-21(24(31)35-4)20(23(30)34-3)19(16(13-25)22(29)26)14-8-6-5-7-9-14/h5-12,19H,26H2,1-4H3,(H2,27,32,33). The third-order valence-electron chi connectivity index (χ3n) is 5.61. The van der Waals surface area contributed by atoms with Gasteiger partial charge in [-0.2, -0.15) is 5.26 Å². The molecular formula is C24H25N5O6S.